The lowest BCUT2D eigenvalue weighted by molar-refractivity contribution is -0.113. The van der Waals surface area contributed by atoms with Crippen LogP contribution in [-0.4, -0.2) is 5.91 Å². The first kappa shape index (κ1) is 9.15. The van der Waals surface area contributed by atoms with E-state index in [0.29, 0.717) is 3.58 Å². The minimum atomic E-state index is -0.396. The summed E-state index contributed by atoms with van der Waals surface area (Å²) in [5.41, 5.74) is 4.90. The standard InChI is InChI=1S/C3H2BrI2NO/c4-2(6)1(5)3(7)8/h(H2,7,8). The first-order chi connectivity index (χ1) is 3.55. The van der Waals surface area contributed by atoms with Crippen LogP contribution < -0.4 is 5.73 Å². The van der Waals surface area contributed by atoms with Gasteiger partial charge in [0.15, 0.2) is 0 Å². The molecule has 0 saturated heterocycles. The minimum absolute atomic E-state index is 0.396. The van der Waals surface area contributed by atoms with Gasteiger partial charge in [-0.25, -0.2) is 0 Å². The third-order valence-corrected chi connectivity index (χ3v) is 4.16. The van der Waals surface area contributed by atoms with E-state index in [2.05, 4.69) is 15.9 Å². The maximum atomic E-state index is 10.3. The summed E-state index contributed by atoms with van der Waals surface area (Å²) in [5, 5.41) is 0. The van der Waals surface area contributed by atoms with Gasteiger partial charge in [0, 0.05) is 0 Å². The number of primary amides is 1. The van der Waals surface area contributed by atoms with Gasteiger partial charge < -0.3 is 5.73 Å². The second kappa shape index (κ2) is 4.04. The van der Waals surface area contributed by atoms with Crippen molar-refractivity contribution in [2.75, 3.05) is 0 Å². The number of hydrogen-bond acceptors (Lipinski definition) is 1. The molecular weight excluding hydrogens is 400 g/mol. The molecule has 0 unspecified atom stereocenters. The Bertz CT molecular complexity index is 140. The molecule has 0 aromatic rings. The lowest BCUT2D eigenvalue weighted by Crippen LogP contribution is -2.09. The van der Waals surface area contributed by atoms with Gasteiger partial charge in [-0.15, -0.1) is 0 Å². The van der Waals surface area contributed by atoms with Crippen LogP contribution >= 0.6 is 61.1 Å². The average Bonchev–Trinajstić information content (AvgIpc) is 1.64. The average molecular weight is 402 g/mol. The summed E-state index contributed by atoms with van der Waals surface area (Å²) in [6, 6.07) is 0. The largest absolute Gasteiger partial charge is 0.365 e. The molecule has 0 atom stereocenters. The van der Waals surface area contributed by atoms with Crippen molar-refractivity contribution in [3.63, 3.8) is 0 Å². The summed E-state index contributed by atoms with van der Waals surface area (Å²) in [7, 11) is 0. The molecule has 0 saturated carbocycles. The molecule has 0 radical (unpaired) electrons. The molecule has 1 amide bonds. The number of hydrogen-bond donors (Lipinski definition) is 1. The van der Waals surface area contributed by atoms with Crippen LogP contribution in [0.1, 0.15) is 0 Å². The van der Waals surface area contributed by atoms with Crippen LogP contribution in [0.25, 0.3) is 0 Å². The highest BCUT2D eigenvalue weighted by Crippen LogP contribution is 2.23. The third kappa shape index (κ3) is 3.23. The second-order valence-corrected chi connectivity index (χ2v) is 5.37. The van der Waals surface area contributed by atoms with Gasteiger partial charge in [-0.3, -0.25) is 4.79 Å². The topological polar surface area (TPSA) is 43.1 Å². The number of rotatable bonds is 1. The minimum Gasteiger partial charge on any atom is -0.365 e. The predicted molar refractivity (Wildman–Crippen MR) is 53.2 cm³/mol. The Morgan fingerprint density at radius 1 is 1.50 bits per heavy atom. The SMILES string of the molecule is NC(=O)C(I)=C(Br)I. The molecule has 0 aromatic carbocycles. The quantitative estimate of drug-likeness (QED) is 0.529. The van der Waals surface area contributed by atoms with Crippen molar-refractivity contribution in [3.8, 4) is 0 Å². The molecule has 5 heteroatoms. The van der Waals surface area contributed by atoms with Gasteiger partial charge in [0.2, 0.25) is 0 Å². The Kier molecular flexibility index (Phi) is 4.63. The molecule has 0 aliphatic carbocycles. The normalized spacial score (nSPS) is 12.9. The third-order valence-electron chi connectivity index (χ3n) is 0.382. The maximum Gasteiger partial charge on any atom is 0.256 e. The molecule has 0 heterocycles. The van der Waals surface area contributed by atoms with Gasteiger partial charge in [0.25, 0.3) is 5.91 Å². The van der Waals surface area contributed by atoms with E-state index < -0.39 is 5.91 Å². The molecule has 0 aliphatic rings. The number of carbonyl (C=O) groups is 1. The van der Waals surface area contributed by atoms with Gasteiger partial charge in [0.05, 0.1) is 6.07 Å². The Morgan fingerprint density at radius 3 is 1.88 bits per heavy atom. The molecule has 8 heavy (non-hydrogen) atoms. The molecule has 0 rings (SSSR count). The summed E-state index contributed by atoms with van der Waals surface area (Å²) >= 11 is 6.94. The fourth-order valence-corrected chi connectivity index (χ4v) is 0.554. The van der Waals surface area contributed by atoms with Gasteiger partial charge in [-0.1, -0.05) is 0 Å². The van der Waals surface area contributed by atoms with E-state index in [1.54, 1.807) is 0 Å². The van der Waals surface area contributed by atoms with E-state index in [9.17, 15) is 4.79 Å². The first-order valence-corrected chi connectivity index (χ1v) is 4.51. The molecule has 2 N–H and O–H groups in total. The van der Waals surface area contributed by atoms with Crippen molar-refractivity contribution in [2.24, 2.45) is 5.73 Å². The smallest absolute Gasteiger partial charge is 0.256 e. The van der Waals surface area contributed by atoms with Crippen molar-refractivity contribution in [1.82, 2.24) is 0 Å². The Balaban J connectivity index is 4.23. The van der Waals surface area contributed by atoms with Crippen LogP contribution in [0.3, 0.4) is 0 Å². The Labute approximate surface area is 82.7 Å². The molecular formula is C3H2BrI2NO. The molecule has 0 aromatic heterocycles. The van der Waals surface area contributed by atoms with Crippen LogP contribution in [0.4, 0.5) is 0 Å². The zero-order valence-corrected chi connectivity index (χ0v) is 9.52. The van der Waals surface area contributed by atoms with E-state index in [4.69, 9.17) is 5.73 Å². The molecule has 0 fully saturated rings. The fourth-order valence-electron chi connectivity index (χ4n) is 0.0931. The highest BCUT2D eigenvalue weighted by molar-refractivity contribution is 14.1. The summed E-state index contributed by atoms with van der Waals surface area (Å²) in [6.45, 7) is 0. The summed E-state index contributed by atoms with van der Waals surface area (Å²) in [5.74, 6) is -0.396. The number of halogens is 3. The zero-order valence-electron chi connectivity index (χ0n) is 3.62. The van der Waals surface area contributed by atoms with Crippen LogP contribution in [0, 0.1) is 0 Å². The van der Waals surface area contributed by atoms with Crippen molar-refractivity contribution < 1.29 is 4.79 Å². The molecule has 2 nitrogen and oxygen atoms in total. The van der Waals surface area contributed by atoms with Gasteiger partial charge in [0.1, 0.15) is 0 Å². The van der Waals surface area contributed by atoms with Crippen LogP contribution in [0.2, 0.25) is 0 Å². The lowest BCUT2D eigenvalue weighted by atomic mass is 10.6. The van der Waals surface area contributed by atoms with E-state index in [1.807, 2.05) is 45.2 Å². The van der Waals surface area contributed by atoms with E-state index >= 15 is 0 Å². The van der Waals surface area contributed by atoms with Crippen LogP contribution in [0.15, 0.2) is 6.07 Å². The molecule has 46 valence electrons. The van der Waals surface area contributed by atoms with Crippen molar-refractivity contribution >= 4 is 67.0 Å². The highest BCUT2D eigenvalue weighted by atomic mass is 127. The van der Waals surface area contributed by atoms with Crippen molar-refractivity contribution in [1.29, 1.82) is 0 Å². The van der Waals surface area contributed by atoms with E-state index in [0.717, 1.165) is 2.49 Å². The zero-order chi connectivity index (χ0) is 6.73. The molecule has 0 spiro atoms. The second-order valence-electron chi connectivity index (χ2n) is 0.939. The molecule has 0 aliphatic heterocycles. The predicted octanol–water partition coefficient (Wildman–Crippen LogP) is 1.91. The first-order valence-electron chi connectivity index (χ1n) is 1.56. The lowest BCUT2D eigenvalue weighted by Gasteiger charge is -1.88. The highest BCUT2D eigenvalue weighted by Gasteiger charge is 2.01. The van der Waals surface area contributed by atoms with Gasteiger partial charge in [-0.2, -0.15) is 0 Å². The van der Waals surface area contributed by atoms with E-state index in [1.165, 1.54) is 0 Å². The summed E-state index contributed by atoms with van der Waals surface area (Å²) < 4.78 is 1.28. The van der Waals surface area contributed by atoms with E-state index in [-0.39, 0.29) is 0 Å². The van der Waals surface area contributed by atoms with Crippen molar-refractivity contribution in [3.05, 3.63) is 6.07 Å². The Hall–Kier alpha value is 1.15. The number of amides is 1. The molecule has 0 bridgehead atoms. The Morgan fingerprint density at radius 2 is 1.88 bits per heavy atom. The summed E-state index contributed by atoms with van der Waals surface area (Å²) in [4.78, 5) is 10.3. The number of carbonyl (C=O) groups excluding carboxylic acids is 1. The fraction of sp³-hybridized carbons (Fsp3) is 0. The van der Waals surface area contributed by atoms with Gasteiger partial charge in [-0.05, 0) is 61.1 Å². The maximum absolute atomic E-state index is 10.3. The summed E-state index contributed by atoms with van der Waals surface area (Å²) in [6.07, 6.45) is 0. The van der Waals surface area contributed by atoms with Gasteiger partial charge >= 0.3 is 0 Å². The van der Waals surface area contributed by atoms with Crippen LogP contribution in [0.5, 0.6) is 0 Å². The monoisotopic (exact) mass is 401 g/mol. The number of nitrogens with two attached hydrogens (primary N) is 1. The van der Waals surface area contributed by atoms with Crippen LogP contribution in [-0.2, 0) is 4.79 Å². The van der Waals surface area contributed by atoms with Crippen molar-refractivity contribution in [2.45, 2.75) is 0 Å².